The lowest BCUT2D eigenvalue weighted by atomic mass is 10.0. The Labute approximate surface area is 438 Å². The molecule has 0 saturated heterocycles. The topological polar surface area (TPSA) is 111 Å². The fourth-order valence-corrected chi connectivity index (χ4v) is 8.42. The number of hydrogen-bond donors (Lipinski definition) is 0. The molecule has 0 spiro atoms. The van der Waals surface area contributed by atoms with Crippen molar-refractivity contribution in [3.8, 4) is 0 Å². The number of likely N-dealkylation sites (N-methyl/N-ethyl adjacent to an activating group) is 1. The summed E-state index contributed by atoms with van der Waals surface area (Å²) in [6.45, 7) is 4.73. The maximum Gasteiger partial charge on any atom is 0.306 e. The van der Waals surface area contributed by atoms with Crippen molar-refractivity contribution in [1.82, 2.24) is 0 Å². The third kappa shape index (κ3) is 54.9. The minimum absolute atomic E-state index is 0.145. The quantitative estimate of drug-likeness (QED) is 0.0195. The van der Waals surface area contributed by atoms with Crippen LogP contribution in [0.3, 0.4) is 0 Å². The van der Waals surface area contributed by atoms with Crippen molar-refractivity contribution >= 4 is 17.9 Å². The first-order chi connectivity index (χ1) is 34.6. The van der Waals surface area contributed by atoms with Crippen LogP contribution in [-0.2, 0) is 33.3 Å². The van der Waals surface area contributed by atoms with Crippen LogP contribution in [0.4, 0.5) is 0 Å². The van der Waals surface area contributed by atoms with Crippen molar-refractivity contribution < 1.29 is 42.9 Å². The highest BCUT2D eigenvalue weighted by Crippen LogP contribution is 2.16. The molecule has 0 heterocycles. The molecule has 2 atom stereocenters. The number of carboxylic acid groups (broad SMARTS) is 1. The molecule has 0 aromatic heterocycles. The molecule has 71 heavy (non-hydrogen) atoms. The van der Waals surface area contributed by atoms with Crippen LogP contribution in [0, 0.1) is 0 Å². The second kappa shape index (κ2) is 53.5. The summed E-state index contributed by atoms with van der Waals surface area (Å²) >= 11 is 0. The van der Waals surface area contributed by atoms with Gasteiger partial charge in [0.2, 0.25) is 0 Å². The van der Waals surface area contributed by atoms with E-state index < -0.39 is 24.3 Å². The molecular formula is C62H113NO8. The van der Waals surface area contributed by atoms with Gasteiger partial charge in [-0.3, -0.25) is 9.59 Å². The fraction of sp³-hybridized carbons (Fsp3) is 0.823. The Morgan fingerprint density at radius 2 is 0.761 bits per heavy atom. The lowest BCUT2D eigenvalue weighted by Gasteiger charge is -2.26. The fourth-order valence-electron chi connectivity index (χ4n) is 8.42. The van der Waals surface area contributed by atoms with E-state index in [1.54, 1.807) is 0 Å². The van der Waals surface area contributed by atoms with Gasteiger partial charge in [-0.2, -0.15) is 0 Å². The number of ether oxygens (including phenoxy) is 4. The highest BCUT2D eigenvalue weighted by molar-refractivity contribution is 5.70. The molecule has 0 aromatic rings. The number of aliphatic carboxylic acids is 1. The number of unbranched alkanes of at least 4 members (excludes halogenated alkanes) is 32. The van der Waals surface area contributed by atoms with Crippen molar-refractivity contribution in [3.63, 3.8) is 0 Å². The molecule has 0 aliphatic carbocycles. The number of esters is 2. The molecule has 0 bridgehead atoms. The molecule has 0 aliphatic rings. The number of carbonyl (C=O) groups is 3. The minimum atomic E-state index is -1.63. The van der Waals surface area contributed by atoms with E-state index >= 15 is 0 Å². The van der Waals surface area contributed by atoms with Gasteiger partial charge in [-0.15, -0.1) is 0 Å². The summed E-state index contributed by atoms with van der Waals surface area (Å²) in [5.41, 5.74) is 0. The van der Waals surface area contributed by atoms with Gasteiger partial charge < -0.3 is 33.3 Å². The van der Waals surface area contributed by atoms with Crippen LogP contribution in [0.2, 0.25) is 0 Å². The van der Waals surface area contributed by atoms with Gasteiger partial charge >= 0.3 is 11.9 Å². The lowest BCUT2D eigenvalue weighted by molar-refractivity contribution is -0.870. The van der Waals surface area contributed by atoms with E-state index in [0.717, 1.165) is 70.6 Å². The van der Waals surface area contributed by atoms with Crippen LogP contribution in [0.5, 0.6) is 0 Å². The monoisotopic (exact) mass is 1000 g/mol. The summed E-state index contributed by atoms with van der Waals surface area (Å²) in [6.07, 6.45) is 63.0. The Bertz CT molecular complexity index is 1300. The van der Waals surface area contributed by atoms with Crippen molar-refractivity contribution in [2.45, 2.75) is 283 Å². The number of carbonyl (C=O) groups excluding carboxylic acids is 3. The van der Waals surface area contributed by atoms with E-state index in [-0.39, 0.29) is 32.2 Å². The second-order valence-electron chi connectivity index (χ2n) is 21.3. The summed E-state index contributed by atoms with van der Waals surface area (Å²) < 4.78 is 22.7. The average molecular weight is 1000 g/mol. The number of hydrogen-bond acceptors (Lipinski definition) is 8. The van der Waals surface area contributed by atoms with Crippen LogP contribution in [0.1, 0.15) is 271 Å². The van der Waals surface area contributed by atoms with Crippen LogP contribution >= 0.6 is 0 Å². The van der Waals surface area contributed by atoms with E-state index in [1.165, 1.54) is 167 Å². The molecule has 0 amide bonds. The normalized spacial score (nSPS) is 13.1. The molecule has 0 fully saturated rings. The summed E-state index contributed by atoms with van der Waals surface area (Å²) in [4.78, 5) is 37.3. The largest absolute Gasteiger partial charge is 0.545 e. The van der Waals surface area contributed by atoms with E-state index in [0.29, 0.717) is 23.9 Å². The molecule has 0 radical (unpaired) electrons. The molecule has 0 aliphatic heterocycles. The minimum Gasteiger partial charge on any atom is -0.545 e. The highest BCUT2D eigenvalue weighted by Gasteiger charge is 2.22. The molecule has 2 unspecified atom stereocenters. The molecule has 0 saturated carbocycles. The highest BCUT2D eigenvalue weighted by atomic mass is 16.7. The molecule has 9 heteroatoms. The van der Waals surface area contributed by atoms with Crippen LogP contribution in [0.25, 0.3) is 0 Å². The zero-order valence-electron chi connectivity index (χ0n) is 47.1. The van der Waals surface area contributed by atoms with Crippen LogP contribution in [0.15, 0.2) is 48.6 Å². The average Bonchev–Trinajstić information content (AvgIpc) is 3.34. The molecular weight excluding hydrogens is 887 g/mol. The zero-order valence-corrected chi connectivity index (χ0v) is 47.1. The summed E-state index contributed by atoms with van der Waals surface area (Å²) in [7, 11) is 5.92. The van der Waals surface area contributed by atoms with Crippen molar-refractivity contribution in [3.05, 3.63) is 48.6 Å². The third-order valence-corrected chi connectivity index (χ3v) is 13.0. The van der Waals surface area contributed by atoms with Gasteiger partial charge in [-0.05, 0) is 77.0 Å². The Balaban J connectivity index is 4.20. The van der Waals surface area contributed by atoms with Gasteiger partial charge in [-0.25, -0.2) is 0 Å². The Morgan fingerprint density at radius 1 is 0.423 bits per heavy atom. The smallest absolute Gasteiger partial charge is 0.306 e. The van der Waals surface area contributed by atoms with Gasteiger partial charge in [0.1, 0.15) is 13.2 Å². The van der Waals surface area contributed by atoms with E-state index in [2.05, 4.69) is 62.5 Å². The molecule has 0 aromatic carbocycles. The zero-order chi connectivity index (χ0) is 52.0. The summed E-state index contributed by atoms with van der Waals surface area (Å²) in [6, 6.07) is 0. The van der Waals surface area contributed by atoms with Crippen LogP contribution in [-0.4, -0.2) is 82.3 Å². The first-order valence-corrected chi connectivity index (χ1v) is 29.8. The van der Waals surface area contributed by atoms with E-state index in [9.17, 15) is 19.5 Å². The number of rotatable bonds is 55. The maximum atomic E-state index is 12.8. The number of quaternary nitrogens is 1. The van der Waals surface area contributed by atoms with E-state index in [4.69, 9.17) is 18.9 Å². The predicted octanol–water partition coefficient (Wildman–Crippen LogP) is 16.1. The number of carboxylic acids is 1. The summed E-state index contributed by atoms with van der Waals surface area (Å²) in [5, 5.41) is 11.8. The lowest BCUT2D eigenvalue weighted by Crippen LogP contribution is -2.44. The summed E-state index contributed by atoms with van der Waals surface area (Å²) in [5.74, 6) is -2.29. The Morgan fingerprint density at radius 3 is 1.17 bits per heavy atom. The Kier molecular flexibility index (Phi) is 51.5. The van der Waals surface area contributed by atoms with Gasteiger partial charge in [0.25, 0.3) is 0 Å². The predicted molar refractivity (Wildman–Crippen MR) is 297 cm³/mol. The molecule has 0 N–H and O–H groups in total. The molecule has 9 nitrogen and oxygen atoms in total. The SMILES string of the molecule is CCCCC/C=C\C/C=C\C/C=C\CCCCCCCCC(=O)OC(COC(=O)CCCCCCCCCCCCCCCCC/C=C\CCCCCCCCCC)COC(OCC[N+](C)(C)C)C(=O)[O-]. The van der Waals surface area contributed by atoms with E-state index in [1.807, 2.05) is 21.1 Å². The standard InChI is InChI=1S/C62H113NO8/c1-6-8-10-12-14-16-18-20-22-24-26-27-28-29-30-31-32-33-35-36-38-40-42-44-46-48-50-52-59(64)69-56-58(57-70-62(61(66)67)68-55-54-63(3,4)5)71-60(65)53-51-49-47-45-43-41-39-37-34-25-23-21-19-17-15-13-11-9-7-2/h15,17,21,23-24,26,34,37,58,62H,6-14,16,18-20,22,25,27-33,35-36,38-57H2,1-5H3/b17-15-,23-21-,26-24-,37-34-. The van der Waals surface area contributed by atoms with Crippen molar-refractivity contribution in [2.24, 2.45) is 0 Å². The van der Waals surface area contributed by atoms with Gasteiger partial charge in [0.05, 0.1) is 40.3 Å². The molecule has 414 valence electrons. The first kappa shape index (κ1) is 68.2. The Hall–Kier alpha value is -2.75. The maximum absolute atomic E-state index is 12.8. The first-order valence-electron chi connectivity index (χ1n) is 29.8. The van der Waals surface area contributed by atoms with Crippen molar-refractivity contribution in [2.75, 3.05) is 47.5 Å². The van der Waals surface area contributed by atoms with Gasteiger partial charge in [-0.1, -0.05) is 229 Å². The number of nitrogens with zero attached hydrogens (tertiary/aromatic N) is 1. The van der Waals surface area contributed by atoms with Crippen molar-refractivity contribution in [1.29, 1.82) is 0 Å². The number of allylic oxidation sites excluding steroid dienone is 8. The third-order valence-electron chi connectivity index (χ3n) is 13.0. The molecule has 0 rings (SSSR count). The van der Waals surface area contributed by atoms with Gasteiger partial charge in [0, 0.05) is 12.8 Å². The second-order valence-corrected chi connectivity index (χ2v) is 21.3. The van der Waals surface area contributed by atoms with Gasteiger partial charge in [0.15, 0.2) is 12.4 Å². The van der Waals surface area contributed by atoms with Crippen LogP contribution < -0.4 is 5.11 Å².